The lowest BCUT2D eigenvalue weighted by molar-refractivity contribution is 0.0459. The number of hydrogen-bond acceptors (Lipinski definition) is 4. The number of carbonyl (C=O) groups is 2. The van der Waals surface area contributed by atoms with Crippen molar-refractivity contribution in [2.24, 2.45) is 5.92 Å². The van der Waals surface area contributed by atoms with E-state index in [4.69, 9.17) is 21.1 Å². The third-order valence-electron chi connectivity index (χ3n) is 4.14. The second-order valence-corrected chi connectivity index (χ2v) is 7.60. The molecule has 0 amide bonds. The Balaban J connectivity index is 2.23. The van der Waals surface area contributed by atoms with Crippen molar-refractivity contribution < 1.29 is 19.1 Å². The van der Waals surface area contributed by atoms with E-state index in [0.717, 1.165) is 31.6 Å². The molecule has 0 saturated carbocycles. The Kier molecular flexibility index (Phi) is 12.6. The van der Waals surface area contributed by atoms with Gasteiger partial charge in [0.2, 0.25) is 0 Å². The zero-order valence-corrected chi connectivity index (χ0v) is 17.4. The van der Waals surface area contributed by atoms with Crippen molar-refractivity contribution in [1.82, 2.24) is 0 Å². The van der Waals surface area contributed by atoms with E-state index in [1.807, 2.05) is 13.8 Å². The number of benzene rings is 1. The van der Waals surface area contributed by atoms with Crippen LogP contribution in [0.1, 0.15) is 85.9 Å². The van der Waals surface area contributed by atoms with Crippen LogP contribution >= 0.6 is 11.6 Å². The van der Waals surface area contributed by atoms with Gasteiger partial charge in [0.1, 0.15) is 0 Å². The monoisotopic (exact) mass is 396 g/mol. The SMILES string of the molecule is CC(C)COC(=O)c1cccc(C(=O)OCCCCCCCCCCCl)c1. The van der Waals surface area contributed by atoms with Crippen LogP contribution in [0.15, 0.2) is 24.3 Å². The first-order valence-corrected chi connectivity index (χ1v) is 10.6. The van der Waals surface area contributed by atoms with Crippen molar-refractivity contribution in [3.8, 4) is 0 Å². The van der Waals surface area contributed by atoms with Crippen LogP contribution in [0, 0.1) is 5.92 Å². The van der Waals surface area contributed by atoms with Crippen molar-refractivity contribution in [2.45, 2.75) is 65.2 Å². The van der Waals surface area contributed by atoms with Crippen LogP contribution in [-0.2, 0) is 9.47 Å². The summed E-state index contributed by atoms with van der Waals surface area (Å²) in [5.41, 5.74) is 0.757. The summed E-state index contributed by atoms with van der Waals surface area (Å²) >= 11 is 5.65. The lowest BCUT2D eigenvalue weighted by Gasteiger charge is -2.08. The number of rotatable bonds is 14. The van der Waals surface area contributed by atoms with Gasteiger partial charge >= 0.3 is 11.9 Å². The summed E-state index contributed by atoms with van der Waals surface area (Å²) in [5, 5.41) is 0. The van der Waals surface area contributed by atoms with E-state index >= 15 is 0 Å². The fourth-order valence-corrected chi connectivity index (χ4v) is 2.79. The Bertz CT molecular complexity index is 557. The van der Waals surface area contributed by atoms with Crippen LogP contribution in [-0.4, -0.2) is 31.0 Å². The van der Waals surface area contributed by atoms with Crippen molar-refractivity contribution in [1.29, 1.82) is 0 Å². The van der Waals surface area contributed by atoms with E-state index in [2.05, 4.69) is 0 Å². The molecule has 5 heteroatoms. The normalized spacial score (nSPS) is 10.8. The first-order valence-electron chi connectivity index (χ1n) is 10.0. The molecule has 1 rings (SSSR count). The maximum atomic E-state index is 12.1. The molecule has 0 radical (unpaired) electrons. The summed E-state index contributed by atoms with van der Waals surface area (Å²) in [6.07, 6.45) is 9.12. The number of alkyl halides is 1. The van der Waals surface area contributed by atoms with E-state index in [1.54, 1.807) is 18.2 Å². The van der Waals surface area contributed by atoms with Gasteiger partial charge in [-0.3, -0.25) is 0 Å². The lowest BCUT2D eigenvalue weighted by Crippen LogP contribution is -2.12. The first kappa shape index (κ1) is 23.5. The first-order chi connectivity index (χ1) is 13.0. The topological polar surface area (TPSA) is 52.6 Å². The molecule has 152 valence electrons. The standard InChI is InChI=1S/C22H33ClO4/c1-18(2)17-27-22(25)20-13-11-12-19(16-20)21(24)26-15-10-8-6-4-3-5-7-9-14-23/h11-13,16,18H,3-10,14-15,17H2,1-2H3. The van der Waals surface area contributed by atoms with Crippen LogP contribution in [0.5, 0.6) is 0 Å². The van der Waals surface area contributed by atoms with E-state index in [0.29, 0.717) is 24.3 Å². The summed E-state index contributed by atoms with van der Waals surface area (Å²) in [7, 11) is 0. The van der Waals surface area contributed by atoms with Crippen LogP contribution in [0.3, 0.4) is 0 Å². The number of ether oxygens (including phenoxy) is 2. The highest BCUT2D eigenvalue weighted by Gasteiger charge is 2.13. The van der Waals surface area contributed by atoms with Crippen molar-refractivity contribution >= 4 is 23.5 Å². The lowest BCUT2D eigenvalue weighted by atomic mass is 10.1. The van der Waals surface area contributed by atoms with Gasteiger partial charge in [-0.2, -0.15) is 0 Å². The minimum atomic E-state index is -0.413. The molecule has 1 aromatic rings. The number of halogens is 1. The molecule has 0 aliphatic rings. The van der Waals surface area contributed by atoms with Crippen molar-refractivity contribution in [2.75, 3.05) is 19.1 Å². The third kappa shape index (κ3) is 11.0. The largest absolute Gasteiger partial charge is 0.462 e. The van der Waals surface area contributed by atoms with Crippen LogP contribution in [0.4, 0.5) is 0 Å². The summed E-state index contributed by atoms with van der Waals surface area (Å²) < 4.78 is 10.5. The molecule has 0 bridgehead atoms. The highest BCUT2D eigenvalue weighted by Crippen LogP contribution is 2.11. The van der Waals surface area contributed by atoms with Gasteiger partial charge in [0.05, 0.1) is 24.3 Å². The summed E-state index contributed by atoms with van der Waals surface area (Å²) in [4.78, 5) is 24.1. The second-order valence-electron chi connectivity index (χ2n) is 7.23. The summed E-state index contributed by atoms with van der Waals surface area (Å²) in [6, 6.07) is 6.51. The minimum absolute atomic E-state index is 0.271. The average Bonchev–Trinajstić information content (AvgIpc) is 2.67. The Morgan fingerprint density at radius 1 is 0.852 bits per heavy atom. The fourth-order valence-electron chi connectivity index (χ4n) is 2.60. The number of unbranched alkanes of at least 4 members (excludes halogenated alkanes) is 7. The molecular weight excluding hydrogens is 364 g/mol. The third-order valence-corrected chi connectivity index (χ3v) is 4.41. The van der Waals surface area contributed by atoms with E-state index in [9.17, 15) is 9.59 Å². The van der Waals surface area contributed by atoms with Crippen molar-refractivity contribution in [3.05, 3.63) is 35.4 Å². The number of hydrogen-bond donors (Lipinski definition) is 0. The van der Waals surface area contributed by atoms with Gasteiger partial charge in [0.15, 0.2) is 0 Å². The highest BCUT2D eigenvalue weighted by atomic mass is 35.5. The maximum Gasteiger partial charge on any atom is 0.338 e. The zero-order valence-electron chi connectivity index (χ0n) is 16.7. The predicted molar refractivity (Wildman–Crippen MR) is 110 cm³/mol. The molecule has 0 N–H and O–H groups in total. The molecule has 0 aromatic heterocycles. The minimum Gasteiger partial charge on any atom is -0.462 e. The molecular formula is C22H33ClO4. The van der Waals surface area contributed by atoms with Crippen LogP contribution < -0.4 is 0 Å². The Morgan fingerprint density at radius 2 is 1.37 bits per heavy atom. The average molecular weight is 397 g/mol. The van der Waals surface area contributed by atoms with E-state index in [-0.39, 0.29) is 5.92 Å². The van der Waals surface area contributed by atoms with Gasteiger partial charge in [0.25, 0.3) is 0 Å². The molecule has 4 nitrogen and oxygen atoms in total. The van der Waals surface area contributed by atoms with Gasteiger partial charge in [-0.1, -0.05) is 58.4 Å². The predicted octanol–water partition coefficient (Wildman–Crippen LogP) is 6.02. The maximum absolute atomic E-state index is 12.1. The van der Waals surface area contributed by atoms with Crippen LogP contribution in [0.25, 0.3) is 0 Å². The smallest absolute Gasteiger partial charge is 0.338 e. The van der Waals surface area contributed by atoms with Gasteiger partial charge in [0, 0.05) is 5.88 Å². The fraction of sp³-hybridized carbons (Fsp3) is 0.636. The van der Waals surface area contributed by atoms with E-state index in [1.165, 1.54) is 31.7 Å². The summed E-state index contributed by atoms with van der Waals surface area (Å²) in [5.74, 6) is 0.222. The zero-order chi connectivity index (χ0) is 19.9. The molecule has 0 aliphatic carbocycles. The molecule has 0 aliphatic heterocycles. The van der Waals surface area contributed by atoms with E-state index < -0.39 is 11.9 Å². The van der Waals surface area contributed by atoms with Crippen LogP contribution in [0.2, 0.25) is 0 Å². The molecule has 1 aromatic carbocycles. The molecule has 0 heterocycles. The molecule has 0 saturated heterocycles. The highest BCUT2D eigenvalue weighted by molar-refractivity contribution is 6.17. The Labute approximate surface area is 168 Å². The number of carbonyl (C=O) groups excluding carboxylic acids is 2. The van der Waals surface area contributed by atoms with Crippen molar-refractivity contribution in [3.63, 3.8) is 0 Å². The Morgan fingerprint density at radius 3 is 1.93 bits per heavy atom. The van der Waals surface area contributed by atoms with Gasteiger partial charge in [-0.25, -0.2) is 9.59 Å². The van der Waals surface area contributed by atoms with Gasteiger partial charge in [-0.05, 0) is 37.0 Å². The van der Waals surface area contributed by atoms with Gasteiger partial charge < -0.3 is 9.47 Å². The molecule has 0 unspecified atom stereocenters. The molecule has 27 heavy (non-hydrogen) atoms. The Hall–Kier alpha value is -1.55. The molecule has 0 atom stereocenters. The second kappa shape index (κ2) is 14.5. The van der Waals surface area contributed by atoms with Gasteiger partial charge in [-0.15, -0.1) is 11.6 Å². The quantitative estimate of drug-likeness (QED) is 0.219. The summed E-state index contributed by atoms with van der Waals surface area (Å²) in [6.45, 7) is 4.72. The molecule has 0 spiro atoms. The molecule has 0 fully saturated rings. The number of esters is 2.